The summed E-state index contributed by atoms with van der Waals surface area (Å²) in [6.07, 6.45) is 1.15. The normalized spacial score (nSPS) is 27.9. The third-order valence-corrected chi connectivity index (χ3v) is 14.4. The first-order valence-electron chi connectivity index (χ1n) is 13.5. The van der Waals surface area contributed by atoms with Crippen molar-refractivity contribution in [2.24, 2.45) is 11.8 Å². The van der Waals surface area contributed by atoms with Gasteiger partial charge in [-0.05, 0) is 31.5 Å². The van der Waals surface area contributed by atoms with Crippen molar-refractivity contribution in [2.45, 2.75) is 82.6 Å². The number of hydrogen-bond donors (Lipinski definition) is 1. The molecular weight excluding hydrogens is 543 g/mol. The lowest BCUT2D eigenvalue weighted by molar-refractivity contribution is -0.162. The van der Waals surface area contributed by atoms with Crippen LogP contribution in [0, 0.1) is 11.8 Å². The molecule has 2 amide bonds. The summed E-state index contributed by atoms with van der Waals surface area (Å²) in [7, 11) is -2.14. The number of fused-ring (bicyclic) bond motifs is 1. The van der Waals surface area contributed by atoms with Crippen LogP contribution in [0.1, 0.15) is 41.0 Å². The lowest BCUT2D eigenvalue weighted by atomic mass is 9.79. The monoisotopic (exact) mass is 586 g/mol. The van der Waals surface area contributed by atoms with Gasteiger partial charge in [0.1, 0.15) is 19.0 Å². The Morgan fingerprint density at radius 2 is 2.00 bits per heavy atom. The summed E-state index contributed by atoms with van der Waals surface area (Å²) in [6.45, 7) is 18.0. The number of carbonyl (C=O) groups is 3. The highest BCUT2D eigenvalue weighted by Crippen LogP contribution is 2.53. The summed E-state index contributed by atoms with van der Waals surface area (Å²) >= 11 is 1.40. The van der Waals surface area contributed by atoms with Gasteiger partial charge in [0.25, 0.3) is 0 Å². The molecule has 3 rings (SSSR count). The minimum Gasteiger partial charge on any atom is -0.477 e. The molecule has 0 aromatic rings. The number of alkyl halides is 1. The first-order chi connectivity index (χ1) is 18.2. The van der Waals surface area contributed by atoms with E-state index >= 15 is 0 Å². The second-order valence-electron chi connectivity index (χ2n) is 12.0. The first kappa shape index (κ1) is 31.6. The number of hydrogen-bond acceptors (Lipinski definition) is 7. The number of amides is 2. The van der Waals surface area contributed by atoms with Gasteiger partial charge in [0, 0.05) is 22.6 Å². The van der Waals surface area contributed by atoms with Crippen LogP contribution < -0.4 is 0 Å². The maximum absolute atomic E-state index is 13.3. The molecule has 3 heterocycles. The van der Waals surface area contributed by atoms with Gasteiger partial charge in [0.2, 0.25) is 5.91 Å². The number of ether oxygens (including phenoxy) is 2. The van der Waals surface area contributed by atoms with Crippen LogP contribution in [0.25, 0.3) is 0 Å². The summed E-state index contributed by atoms with van der Waals surface area (Å²) in [5.41, 5.74) is 0.0242. The Kier molecular flexibility index (Phi) is 9.99. The van der Waals surface area contributed by atoms with Crippen molar-refractivity contribution in [1.29, 1.82) is 0 Å². The minimum atomic E-state index is -2.14. The molecule has 9 nitrogen and oxygen atoms in total. The minimum absolute atomic E-state index is 0.0217. The Morgan fingerprint density at radius 3 is 2.56 bits per heavy atom. The van der Waals surface area contributed by atoms with Gasteiger partial charge in [-0.1, -0.05) is 40.3 Å². The molecule has 1 N–H and O–H groups in total. The number of β-lactam (4-membered cyclic amide) rings is 1. The Hall–Kier alpha value is -1.89. The number of halogens is 1. The molecule has 0 bridgehead atoms. The van der Waals surface area contributed by atoms with Crippen LogP contribution in [0.5, 0.6) is 0 Å². The lowest BCUT2D eigenvalue weighted by Crippen LogP contribution is -2.65. The summed E-state index contributed by atoms with van der Waals surface area (Å²) in [5.74, 6) is -1.97. The van der Waals surface area contributed by atoms with Gasteiger partial charge in [-0.15, -0.1) is 11.8 Å². The molecule has 0 aliphatic carbocycles. The summed E-state index contributed by atoms with van der Waals surface area (Å²) in [6, 6.07) is -0.619. The predicted octanol–water partition coefficient (Wildman–Crippen LogP) is 4.65. The molecule has 3 aliphatic rings. The molecule has 0 aromatic heterocycles. The molecule has 12 heteroatoms. The van der Waals surface area contributed by atoms with E-state index in [1.54, 1.807) is 4.90 Å². The lowest BCUT2D eigenvalue weighted by Gasteiger charge is -2.50. The van der Waals surface area contributed by atoms with Crippen LogP contribution in [-0.2, 0) is 23.5 Å². The van der Waals surface area contributed by atoms with Crippen LogP contribution in [-0.4, -0.2) is 97.7 Å². The summed E-state index contributed by atoms with van der Waals surface area (Å²) < 4.78 is 29.8. The van der Waals surface area contributed by atoms with Crippen LogP contribution in [0.15, 0.2) is 23.3 Å². The zero-order valence-corrected chi connectivity index (χ0v) is 25.9. The summed E-state index contributed by atoms with van der Waals surface area (Å²) in [4.78, 5) is 42.0. The van der Waals surface area contributed by atoms with Crippen LogP contribution >= 0.6 is 11.8 Å². The second-order valence-corrected chi connectivity index (χ2v) is 18.1. The second kappa shape index (κ2) is 12.3. The number of rotatable bonds is 12. The average molecular weight is 587 g/mol. The Morgan fingerprint density at radius 1 is 1.33 bits per heavy atom. The fourth-order valence-corrected chi connectivity index (χ4v) is 8.38. The molecule has 39 heavy (non-hydrogen) atoms. The number of likely N-dealkylation sites (tertiary alicyclic amines) is 1. The molecule has 0 spiro atoms. The van der Waals surface area contributed by atoms with Gasteiger partial charge in [0.15, 0.2) is 8.32 Å². The van der Waals surface area contributed by atoms with E-state index in [9.17, 15) is 23.9 Å². The quantitative estimate of drug-likeness (QED) is 0.152. The molecule has 3 aliphatic heterocycles. The van der Waals surface area contributed by atoms with Crippen molar-refractivity contribution >= 4 is 38.0 Å². The fourth-order valence-electron chi connectivity index (χ4n) is 5.39. The van der Waals surface area contributed by atoms with Crippen molar-refractivity contribution in [3.63, 3.8) is 0 Å². The number of nitrogens with zero attached hydrogens (tertiary/aromatic N) is 2. The summed E-state index contributed by atoms with van der Waals surface area (Å²) in [5, 5.41) is 9.97. The van der Waals surface area contributed by atoms with Crippen LogP contribution in [0.3, 0.4) is 0 Å². The average Bonchev–Trinajstić information content (AvgIpc) is 3.34. The molecule has 2 fully saturated rings. The Bertz CT molecular complexity index is 1000. The number of carboxylic acid groups (broad SMARTS) is 1. The van der Waals surface area contributed by atoms with E-state index in [4.69, 9.17) is 13.9 Å². The van der Waals surface area contributed by atoms with Gasteiger partial charge in [-0.25, -0.2) is 14.0 Å². The van der Waals surface area contributed by atoms with E-state index < -0.39 is 33.0 Å². The Balaban J connectivity index is 1.78. The van der Waals surface area contributed by atoms with E-state index in [1.807, 2.05) is 13.8 Å². The number of aliphatic carboxylic acids is 1. The molecular formula is C27H43FN2O7SSi. The van der Waals surface area contributed by atoms with E-state index in [1.165, 1.54) is 22.7 Å². The number of carboxylic acids is 1. The third-order valence-electron chi connectivity index (χ3n) is 8.34. The van der Waals surface area contributed by atoms with Gasteiger partial charge in [-0.3, -0.25) is 4.79 Å². The maximum atomic E-state index is 13.3. The largest absolute Gasteiger partial charge is 0.477 e. The fraction of sp³-hybridized carbons (Fsp3) is 0.741. The van der Waals surface area contributed by atoms with E-state index in [2.05, 4.69) is 40.4 Å². The van der Waals surface area contributed by atoms with E-state index in [0.717, 1.165) is 0 Å². The van der Waals surface area contributed by atoms with Crippen molar-refractivity contribution < 1.29 is 37.8 Å². The van der Waals surface area contributed by atoms with Gasteiger partial charge in [0.05, 0.1) is 37.3 Å². The molecule has 0 aromatic carbocycles. The van der Waals surface area contributed by atoms with E-state index in [0.29, 0.717) is 17.9 Å². The molecule has 0 saturated carbocycles. The number of carbonyl (C=O) groups excluding carboxylic acids is 2. The maximum Gasteiger partial charge on any atom is 0.410 e. The number of thioether (sulfide) groups is 1. The highest BCUT2D eigenvalue weighted by Gasteiger charge is 2.61. The molecule has 0 radical (unpaired) electrons. The first-order valence-corrected chi connectivity index (χ1v) is 17.3. The van der Waals surface area contributed by atoms with Gasteiger partial charge < -0.3 is 28.8 Å². The van der Waals surface area contributed by atoms with Crippen molar-refractivity contribution in [3.05, 3.63) is 23.3 Å². The Labute approximate surface area is 236 Å². The predicted molar refractivity (Wildman–Crippen MR) is 151 cm³/mol. The van der Waals surface area contributed by atoms with Crippen LogP contribution in [0.4, 0.5) is 9.18 Å². The zero-order chi connectivity index (χ0) is 29.3. The SMILES string of the molecule is C=CCOC(=O)N1C[C@@H](SC2=C(C(=O)O)N3C(=O)[C@H]([C@@H](C)O[Si](C)(C)C(C)(C)C)[C@H]3[C@H]2C)C[C@H]1COCCF. The van der Waals surface area contributed by atoms with Crippen molar-refractivity contribution in [3.8, 4) is 0 Å². The standard InChI is InChI=1S/C27H43FN2O7SSi/c1-9-11-36-26(34)29-14-19(13-18(29)15-35-12-10-28)38-23-16(2)21-20(24(31)30(21)22(23)25(32)33)17(3)37-39(7,8)27(4,5)6/h9,16-21H,1,10-15H2,2-8H3,(H,32,33)/t16-,17-,18+,19+,20-,21-/m1/s1. The van der Waals surface area contributed by atoms with Gasteiger partial charge >= 0.3 is 12.1 Å². The zero-order valence-electron chi connectivity index (χ0n) is 24.1. The topological polar surface area (TPSA) is 106 Å². The van der Waals surface area contributed by atoms with Crippen molar-refractivity contribution in [1.82, 2.24) is 9.80 Å². The third kappa shape index (κ3) is 6.38. The highest BCUT2D eigenvalue weighted by atomic mass is 32.2. The molecule has 0 unspecified atom stereocenters. The molecule has 220 valence electrons. The molecule has 6 atom stereocenters. The molecule has 2 saturated heterocycles. The van der Waals surface area contributed by atoms with Crippen LogP contribution in [0.2, 0.25) is 18.1 Å². The van der Waals surface area contributed by atoms with E-state index in [-0.39, 0.29) is 65.8 Å². The van der Waals surface area contributed by atoms with Crippen molar-refractivity contribution in [2.75, 3.05) is 33.0 Å². The van der Waals surface area contributed by atoms with Gasteiger partial charge in [-0.2, -0.15) is 0 Å². The smallest absolute Gasteiger partial charge is 0.410 e. The highest BCUT2D eigenvalue weighted by molar-refractivity contribution is 8.03.